The van der Waals surface area contributed by atoms with Crippen LogP contribution < -0.4 is 4.74 Å². The summed E-state index contributed by atoms with van der Waals surface area (Å²) in [6.45, 7) is 2.10. The summed E-state index contributed by atoms with van der Waals surface area (Å²) in [6, 6.07) is 9.13. The van der Waals surface area contributed by atoms with Gasteiger partial charge in [-0.05, 0) is 18.6 Å². The number of unbranched alkanes of at least 4 members (excludes halogenated alkanes) is 1. The molecule has 0 aliphatic carbocycles. The van der Waals surface area contributed by atoms with Gasteiger partial charge in [0.2, 0.25) is 0 Å². The van der Waals surface area contributed by atoms with Gasteiger partial charge >= 0.3 is 5.97 Å². The maximum Gasteiger partial charge on any atom is 0.325 e. The topological polar surface area (TPSA) is 26.3 Å². The first kappa shape index (κ1) is 12.2. The van der Waals surface area contributed by atoms with E-state index in [1.165, 1.54) is 0 Å². The van der Waals surface area contributed by atoms with Crippen molar-refractivity contribution in [3.8, 4) is 5.75 Å². The number of carbonyl (C=O) groups excluding carboxylic acids is 1. The largest absolute Gasteiger partial charge is 0.426 e. The van der Waals surface area contributed by atoms with Gasteiger partial charge in [-0.25, -0.2) is 0 Å². The molecule has 0 bridgehead atoms. The van der Waals surface area contributed by atoms with Crippen LogP contribution in [0.4, 0.5) is 0 Å². The molecule has 0 spiro atoms. The summed E-state index contributed by atoms with van der Waals surface area (Å²) in [5.41, 5.74) is 0. The molecule has 1 rings (SSSR count). The van der Waals surface area contributed by atoms with Crippen LogP contribution in [0.15, 0.2) is 30.3 Å². The molecule has 1 aromatic rings. The molecule has 82 valence electrons. The predicted octanol–water partition coefficient (Wildman–Crippen LogP) is 3.55. The molecular formula is C12H15BrO2. The van der Waals surface area contributed by atoms with Crippen molar-refractivity contribution in [1.29, 1.82) is 0 Å². The van der Waals surface area contributed by atoms with Gasteiger partial charge in [0.05, 0.1) is 0 Å². The molecule has 0 heterocycles. The minimum atomic E-state index is -0.213. The lowest BCUT2D eigenvalue weighted by Crippen LogP contribution is -2.20. The second-order valence-corrected chi connectivity index (χ2v) is 4.45. The van der Waals surface area contributed by atoms with E-state index >= 15 is 0 Å². The zero-order valence-corrected chi connectivity index (χ0v) is 10.4. The molecular weight excluding hydrogens is 256 g/mol. The van der Waals surface area contributed by atoms with Crippen LogP contribution in [0.3, 0.4) is 0 Å². The Morgan fingerprint density at radius 2 is 2.07 bits per heavy atom. The van der Waals surface area contributed by atoms with Crippen molar-refractivity contribution in [2.24, 2.45) is 0 Å². The maximum absolute atomic E-state index is 11.5. The van der Waals surface area contributed by atoms with Gasteiger partial charge in [-0.1, -0.05) is 53.9 Å². The molecule has 0 amide bonds. The molecule has 0 aromatic heterocycles. The monoisotopic (exact) mass is 270 g/mol. The van der Waals surface area contributed by atoms with Gasteiger partial charge in [0, 0.05) is 0 Å². The molecule has 1 atom stereocenters. The zero-order chi connectivity index (χ0) is 11.1. The Kier molecular flexibility index (Phi) is 5.40. The van der Waals surface area contributed by atoms with Gasteiger partial charge in [0.1, 0.15) is 10.6 Å². The summed E-state index contributed by atoms with van der Waals surface area (Å²) in [6.07, 6.45) is 2.93. The first-order valence-electron chi connectivity index (χ1n) is 5.15. The molecule has 2 nitrogen and oxygen atoms in total. The molecule has 0 N–H and O–H groups in total. The molecule has 0 radical (unpaired) electrons. The van der Waals surface area contributed by atoms with E-state index in [1.807, 2.05) is 18.2 Å². The molecule has 0 fully saturated rings. The number of alkyl halides is 1. The molecule has 15 heavy (non-hydrogen) atoms. The maximum atomic E-state index is 11.5. The number of ether oxygens (including phenoxy) is 1. The highest BCUT2D eigenvalue weighted by atomic mass is 79.9. The average molecular weight is 271 g/mol. The number of hydrogen-bond acceptors (Lipinski definition) is 2. The third-order valence-electron chi connectivity index (χ3n) is 2.03. The Morgan fingerprint density at radius 1 is 1.40 bits per heavy atom. The minimum Gasteiger partial charge on any atom is -0.426 e. The molecule has 0 saturated carbocycles. The summed E-state index contributed by atoms with van der Waals surface area (Å²) in [5.74, 6) is 0.387. The summed E-state index contributed by atoms with van der Waals surface area (Å²) in [4.78, 5) is 11.4. The lowest BCUT2D eigenvalue weighted by molar-refractivity contribution is -0.133. The normalized spacial score (nSPS) is 12.1. The summed E-state index contributed by atoms with van der Waals surface area (Å²) >= 11 is 3.33. The fourth-order valence-corrected chi connectivity index (χ4v) is 1.59. The molecule has 1 aromatic carbocycles. The van der Waals surface area contributed by atoms with E-state index in [0.29, 0.717) is 5.75 Å². The molecule has 0 saturated heterocycles. The van der Waals surface area contributed by atoms with Crippen molar-refractivity contribution in [2.75, 3.05) is 0 Å². The van der Waals surface area contributed by atoms with Gasteiger partial charge in [0.15, 0.2) is 0 Å². The van der Waals surface area contributed by atoms with Gasteiger partial charge in [0.25, 0.3) is 0 Å². The van der Waals surface area contributed by atoms with Crippen molar-refractivity contribution in [2.45, 2.75) is 31.0 Å². The first-order chi connectivity index (χ1) is 7.24. The van der Waals surface area contributed by atoms with Crippen LogP contribution in [0.5, 0.6) is 5.75 Å². The van der Waals surface area contributed by atoms with Gasteiger partial charge < -0.3 is 4.74 Å². The van der Waals surface area contributed by atoms with E-state index in [1.54, 1.807) is 12.1 Å². The van der Waals surface area contributed by atoms with Crippen molar-refractivity contribution < 1.29 is 9.53 Å². The highest BCUT2D eigenvalue weighted by molar-refractivity contribution is 9.10. The molecule has 3 heteroatoms. The fraction of sp³-hybridized carbons (Fsp3) is 0.417. The molecule has 1 unspecified atom stereocenters. The summed E-state index contributed by atoms with van der Waals surface area (Å²) in [5, 5.41) is 0. The Labute approximate surface area is 98.8 Å². The van der Waals surface area contributed by atoms with Gasteiger partial charge in [-0.2, -0.15) is 0 Å². The highest BCUT2D eigenvalue weighted by Gasteiger charge is 2.16. The van der Waals surface area contributed by atoms with Crippen molar-refractivity contribution in [3.63, 3.8) is 0 Å². The van der Waals surface area contributed by atoms with Crippen LogP contribution in [-0.2, 0) is 4.79 Å². The fourth-order valence-electron chi connectivity index (χ4n) is 1.17. The number of para-hydroxylation sites is 1. The third kappa shape index (κ3) is 4.47. The first-order valence-corrected chi connectivity index (χ1v) is 6.06. The van der Waals surface area contributed by atoms with E-state index in [2.05, 4.69) is 22.9 Å². The van der Waals surface area contributed by atoms with Crippen LogP contribution in [0.25, 0.3) is 0 Å². The Hall–Kier alpha value is -0.830. The lowest BCUT2D eigenvalue weighted by Gasteiger charge is -2.08. The van der Waals surface area contributed by atoms with Crippen LogP contribution in [-0.4, -0.2) is 10.8 Å². The van der Waals surface area contributed by atoms with Crippen LogP contribution in [0, 0.1) is 0 Å². The van der Waals surface area contributed by atoms with Crippen LogP contribution in [0.1, 0.15) is 26.2 Å². The highest BCUT2D eigenvalue weighted by Crippen LogP contribution is 2.15. The number of rotatable bonds is 5. The summed E-state index contributed by atoms with van der Waals surface area (Å²) < 4.78 is 5.19. The summed E-state index contributed by atoms with van der Waals surface area (Å²) in [7, 11) is 0. The Balaban J connectivity index is 2.42. The average Bonchev–Trinajstić information content (AvgIpc) is 2.27. The van der Waals surface area contributed by atoms with Crippen LogP contribution >= 0.6 is 15.9 Å². The standard InChI is InChI=1S/C12H15BrO2/c1-2-3-9-11(13)12(14)15-10-7-5-4-6-8-10/h4-8,11H,2-3,9H2,1H3. The number of carbonyl (C=O) groups is 1. The second kappa shape index (κ2) is 6.62. The SMILES string of the molecule is CCCCC(Br)C(=O)Oc1ccccc1. The molecule has 0 aliphatic heterocycles. The molecule has 0 aliphatic rings. The van der Waals surface area contributed by atoms with E-state index in [0.717, 1.165) is 19.3 Å². The minimum absolute atomic E-state index is 0.197. The number of halogens is 1. The Bertz CT molecular complexity index is 298. The van der Waals surface area contributed by atoms with Crippen LogP contribution in [0.2, 0.25) is 0 Å². The predicted molar refractivity (Wildman–Crippen MR) is 64.3 cm³/mol. The van der Waals surface area contributed by atoms with E-state index < -0.39 is 0 Å². The van der Waals surface area contributed by atoms with E-state index in [4.69, 9.17) is 4.74 Å². The quantitative estimate of drug-likeness (QED) is 0.465. The Morgan fingerprint density at radius 3 is 2.67 bits per heavy atom. The number of hydrogen-bond donors (Lipinski definition) is 0. The zero-order valence-electron chi connectivity index (χ0n) is 8.78. The van der Waals surface area contributed by atoms with Gasteiger partial charge in [-0.15, -0.1) is 0 Å². The number of esters is 1. The second-order valence-electron chi connectivity index (χ2n) is 3.34. The smallest absolute Gasteiger partial charge is 0.325 e. The van der Waals surface area contributed by atoms with E-state index in [-0.39, 0.29) is 10.8 Å². The lowest BCUT2D eigenvalue weighted by atomic mass is 10.2. The number of benzene rings is 1. The van der Waals surface area contributed by atoms with E-state index in [9.17, 15) is 4.79 Å². The van der Waals surface area contributed by atoms with Gasteiger partial charge in [-0.3, -0.25) is 4.79 Å². The van der Waals surface area contributed by atoms with Crippen molar-refractivity contribution in [3.05, 3.63) is 30.3 Å². The van der Waals surface area contributed by atoms with Crippen molar-refractivity contribution in [1.82, 2.24) is 0 Å². The third-order valence-corrected chi connectivity index (χ3v) is 2.86. The van der Waals surface area contributed by atoms with Crippen molar-refractivity contribution >= 4 is 21.9 Å².